The van der Waals surface area contributed by atoms with Gasteiger partial charge in [-0.25, -0.2) is 0 Å². The van der Waals surface area contributed by atoms with Crippen molar-refractivity contribution in [3.05, 3.63) is 139 Å². The average molecular weight is 460 g/mol. The van der Waals surface area contributed by atoms with Crippen LogP contribution in [0.1, 0.15) is 33.4 Å². The topological polar surface area (TPSA) is 86.3 Å². The molecule has 4 aromatic carbocycles. The van der Waals surface area contributed by atoms with Gasteiger partial charge in [0.1, 0.15) is 0 Å². The van der Waals surface area contributed by atoms with Crippen LogP contribution in [0.5, 0.6) is 0 Å². The molecule has 0 spiro atoms. The summed E-state index contributed by atoms with van der Waals surface area (Å²) in [4.78, 5) is 20.8. The van der Waals surface area contributed by atoms with Gasteiger partial charge in [-0.1, -0.05) is 60.7 Å². The highest BCUT2D eigenvalue weighted by Gasteiger charge is 2.18. The van der Waals surface area contributed by atoms with E-state index in [1.165, 1.54) is 46.5 Å². The Morgan fingerprint density at radius 1 is 0.514 bits per heavy atom. The summed E-state index contributed by atoms with van der Waals surface area (Å²) in [5.41, 5.74) is 9.13. The monoisotopic (exact) mass is 460 g/mol. The zero-order valence-electron chi connectivity index (χ0n) is 18.6. The fourth-order valence-electron chi connectivity index (χ4n) is 4.26. The lowest BCUT2D eigenvalue weighted by atomic mass is 10.0. The molecule has 0 radical (unpaired) electrons. The molecule has 0 bridgehead atoms. The summed E-state index contributed by atoms with van der Waals surface area (Å²) in [6, 6.07) is 25.8. The second kappa shape index (κ2) is 9.19. The van der Waals surface area contributed by atoms with E-state index in [1.807, 2.05) is 24.3 Å². The van der Waals surface area contributed by atoms with Gasteiger partial charge in [-0.05, 0) is 75.2 Å². The number of fused-ring (bicyclic) bond motifs is 3. The predicted molar refractivity (Wildman–Crippen MR) is 139 cm³/mol. The van der Waals surface area contributed by atoms with E-state index in [0.29, 0.717) is 0 Å². The van der Waals surface area contributed by atoms with E-state index in [9.17, 15) is 20.2 Å². The second-order valence-corrected chi connectivity index (χ2v) is 8.37. The predicted octanol–water partition coefficient (Wildman–Crippen LogP) is 7.42. The average Bonchev–Trinajstić information content (AvgIpc) is 3.23. The zero-order valence-corrected chi connectivity index (χ0v) is 18.6. The normalized spacial score (nSPS) is 12.1. The van der Waals surface area contributed by atoms with Crippen molar-refractivity contribution < 1.29 is 9.85 Å². The van der Waals surface area contributed by atoms with E-state index < -0.39 is 9.85 Å². The SMILES string of the molecule is O=[N+]([O-])c1ccc(C=Cc2ccc3c(c2)Cc2cc(C=Cc4ccc([N+](=O)[O-])cc4)ccc2-3)cc1. The number of non-ortho nitro benzene ring substituents is 2. The highest BCUT2D eigenvalue weighted by Crippen LogP contribution is 2.38. The third-order valence-electron chi connectivity index (χ3n) is 6.07. The fraction of sp³-hybridized carbons (Fsp3) is 0.0345. The van der Waals surface area contributed by atoms with Gasteiger partial charge in [0.2, 0.25) is 0 Å². The molecule has 0 atom stereocenters. The van der Waals surface area contributed by atoms with Crippen molar-refractivity contribution in [2.24, 2.45) is 0 Å². The van der Waals surface area contributed by atoms with Crippen molar-refractivity contribution in [2.45, 2.75) is 6.42 Å². The number of rotatable bonds is 6. The summed E-state index contributed by atoms with van der Waals surface area (Å²) in [7, 11) is 0. The molecular formula is C29H20N2O4. The summed E-state index contributed by atoms with van der Waals surface area (Å²) in [5, 5.41) is 21.6. The van der Waals surface area contributed by atoms with Crippen LogP contribution in [0.2, 0.25) is 0 Å². The van der Waals surface area contributed by atoms with Crippen LogP contribution in [0.4, 0.5) is 11.4 Å². The molecule has 170 valence electrons. The number of nitro benzene ring substituents is 2. The lowest BCUT2D eigenvalue weighted by Crippen LogP contribution is -1.86. The largest absolute Gasteiger partial charge is 0.269 e. The lowest BCUT2D eigenvalue weighted by Gasteiger charge is -2.03. The van der Waals surface area contributed by atoms with Crippen molar-refractivity contribution in [1.29, 1.82) is 0 Å². The van der Waals surface area contributed by atoms with E-state index in [4.69, 9.17) is 0 Å². The molecule has 0 N–H and O–H groups in total. The third kappa shape index (κ3) is 4.77. The van der Waals surface area contributed by atoms with Gasteiger partial charge in [0.25, 0.3) is 11.4 Å². The van der Waals surface area contributed by atoms with E-state index in [0.717, 1.165) is 28.7 Å². The number of nitro groups is 2. The number of benzene rings is 4. The Morgan fingerprint density at radius 3 is 1.23 bits per heavy atom. The zero-order chi connectivity index (χ0) is 24.4. The highest BCUT2D eigenvalue weighted by atomic mass is 16.6. The Balaban J connectivity index is 1.31. The van der Waals surface area contributed by atoms with E-state index in [1.54, 1.807) is 24.3 Å². The van der Waals surface area contributed by atoms with Crippen LogP contribution < -0.4 is 0 Å². The Bertz CT molecular complexity index is 1390. The molecule has 0 saturated carbocycles. The first kappa shape index (κ1) is 22.0. The van der Waals surface area contributed by atoms with Gasteiger partial charge >= 0.3 is 0 Å². The van der Waals surface area contributed by atoms with Gasteiger partial charge in [0, 0.05) is 24.3 Å². The molecule has 0 amide bonds. The molecule has 1 aliphatic carbocycles. The van der Waals surface area contributed by atoms with Crippen LogP contribution in [-0.4, -0.2) is 9.85 Å². The van der Waals surface area contributed by atoms with Crippen molar-refractivity contribution in [3.63, 3.8) is 0 Å². The first-order valence-corrected chi connectivity index (χ1v) is 11.1. The smallest absolute Gasteiger partial charge is 0.258 e. The van der Waals surface area contributed by atoms with Crippen LogP contribution in [-0.2, 0) is 6.42 Å². The molecule has 0 aromatic heterocycles. The van der Waals surface area contributed by atoms with E-state index >= 15 is 0 Å². The maximum Gasteiger partial charge on any atom is 0.269 e. The summed E-state index contributed by atoms with van der Waals surface area (Å²) in [5.74, 6) is 0. The molecule has 6 nitrogen and oxygen atoms in total. The molecule has 0 heterocycles. The van der Waals surface area contributed by atoms with Crippen LogP contribution in [0, 0.1) is 20.2 Å². The maximum atomic E-state index is 10.8. The summed E-state index contributed by atoms with van der Waals surface area (Å²) < 4.78 is 0. The minimum atomic E-state index is -0.400. The van der Waals surface area contributed by atoms with Gasteiger partial charge < -0.3 is 0 Å². The van der Waals surface area contributed by atoms with Crippen molar-refractivity contribution in [1.82, 2.24) is 0 Å². The molecule has 0 unspecified atom stereocenters. The molecule has 4 aromatic rings. The van der Waals surface area contributed by atoms with Crippen LogP contribution >= 0.6 is 0 Å². The van der Waals surface area contributed by atoms with E-state index in [-0.39, 0.29) is 11.4 Å². The summed E-state index contributed by atoms with van der Waals surface area (Å²) >= 11 is 0. The van der Waals surface area contributed by atoms with Gasteiger partial charge in [-0.15, -0.1) is 0 Å². The molecule has 1 aliphatic rings. The Morgan fingerprint density at radius 2 is 0.857 bits per heavy atom. The van der Waals surface area contributed by atoms with Crippen molar-refractivity contribution >= 4 is 35.7 Å². The fourth-order valence-corrected chi connectivity index (χ4v) is 4.26. The molecule has 35 heavy (non-hydrogen) atoms. The summed E-state index contributed by atoms with van der Waals surface area (Å²) in [6.45, 7) is 0. The lowest BCUT2D eigenvalue weighted by molar-refractivity contribution is -0.385. The molecular weight excluding hydrogens is 440 g/mol. The van der Waals surface area contributed by atoms with Crippen LogP contribution in [0.25, 0.3) is 35.4 Å². The second-order valence-electron chi connectivity index (χ2n) is 8.37. The van der Waals surface area contributed by atoms with Crippen LogP contribution in [0.3, 0.4) is 0 Å². The molecule has 5 rings (SSSR count). The molecule has 0 saturated heterocycles. The minimum Gasteiger partial charge on any atom is -0.258 e. The van der Waals surface area contributed by atoms with Crippen LogP contribution in [0.15, 0.2) is 84.9 Å². The molecule has 0 fully saturated rings. The van der Waals surface area contributed by atoms with Gasteiger partial charge in [-0.2, -0.15) is 0 Å². The minimum absolute atomic E-state index is 0.0828. The van der Waals surface area contributed by atoms with Gasteiger partial charge in [0.15, 0.2) is 0 Å². The Labute approximate surface area is 201 Å². The Kier molecular flexibility index (Phi) is 5.77. The van der Waals surface area contributed by atoms with Crippen molar-refractivity contribution in [3.8, 4) is 11.1 Å². The standard InChI is InChI=1S/C29H20N2O4/c32-30(33)26-11-5-20(6-12-26)1-3-22-9-15-28-24(17-22)19-25-18-23(10-16-29(25)28)4-2-21-7-13-27(14-8-21)31(34)35/h1-18H,19H2. The van der Waals surface area contributed by atoms with Gasteiger partial charge in [-0.3, -0.25) is 20.2 Å². The number of nitrogens with zero attached hydrogens (tertiary/aromatic N) is 2. The first-order valence-electron chi connectivity index (χ1n) is 11.1. The van der Waals surface area contributed by atoms with Gasteiger partial charge in [0.05, 0.1) is 9.85 Å². The van der Waals surface area contributed by atoms with E-state index in [2.05, 4.69) is 36.4 Å². The third-order valence-corrected chi connectivity index (χ3v) is 6.07. The maximum absolute atomic E-state index is 10.8. The quantitative estimate of drug-likeness (QED) is 0.150. The summed E-state index contributed by atoms with van der Waals surface area (Å²) in [6.07, 6.45) is 8.79. The number of hydrogen-bond donors (Lipinski definition) is 0. The number of hydrogen-bond acceptors (Lipinski definition) is 4. The molecule has 0 aliphatic heterocycles. The Hall–Kier alpha value is -4.84. The highest BCUT2D eigenvalue weighted by molar-refractivity contribution is 5.81. The molecule has 6 heteroatoms. The van der Waals surface area contributed by atoms with Crippen molar-refractivity contribution in [2.75, 3.05) is 0 Å². The first-order chi connectivity index (χ1) is 17.0.